The van der Waals surface area contributed by atoms with Gasteiger partial charge in [0.25, 0.3) is 0 Å². The van der Waals surface area contributed by atoms with E-state index in [-0.39, 0.29) is 18.0 Å². The summed E-state index contributed by atoms with van der Waals surface area (Å²) in [4.78, 5) is 11.6. The molecule has 0 aliphatic rings. The molecule has 0 aromatic rings. The number of hydrogen-bond acceptors (Lipinski definition) is 3. The lowest BCUT2D eigenvalue weighted by atomic mass is 10.1. The minimum atomic E-state index is -0.202. The molecule has 0 bridgehead atoms. The van der Waals surface area contributed by atoms with E-state index in [4.69, 9.17) is 4.74 Å². The first-order chi connectivity index (χ1) is 7.65. The van der Waals surface area contributed by atoms with Crippen molar-refractivity contribution in [2.24, 2.45) is 0 Å². The maximum Gasteiger partial charge on any atom is 0.237 e. The summed E-state index contributed by atoms with van der Waals surface area (Å²) in [6.07, 6.45) is 3.75. The van der Waals surface area contributed by atoms with Crippen molar-refractivity contribution in [1.82, 2.24) is 10.6 Å². The SMILES string of the molecule is C=CCNC(=O)C(C)NC(CCC)COC. The first-order valence-corrected chi connectivity index (χ1v) is 5.79. The highest BCUT2D eigenvalue weighted by Crippen LogP contribution is 1.99. The molecule has 2 N–H and O–H groups in total. The predicted octanol–water partition coefficient (Wildman–Crippen LogP) is 1.08. The minimum absolute atomic E-state index is 0.00268. The molecule has 0 saturated heterocycles. The molecule has 0 aliphatic carbocycles. The van der Waals surface area contributed by atoms with E-state index in [1.54, 1.807) is 13.2 Å². The van der Waals surface area contributed by atoms with Crippen LogP contribution in [-0.2, 0) is 9.53 Å². The summed E-state index contributed by atoms with van der Waals surface area (Å²) >= 11 is 0. The molecular weight excluding hydrogens is 204 g/mol. The van der Waals surface area contributed by atoms with Crippen molar-refractivity contribution in [1.29, 1.82) is 0 Å². The second kappa shape index (κ2) is 9.36. The van der Waals surface area contributed by atoms with Gasteiger partial charge in [0.1, 0.15) is 0 Å². The van der Waals surface area contributed by atoms with Gasteiger partial charge in [-0.1, -0.05) is 19.4 Å². The molecule has 0 rings (SSSR count). The molecule has 16 heavy (non-hydrogen) atoms. The number of hydrogen-bond donors (Lipinski definition) is 2. The van der Waals surface area contributed by atoms with Gasteiger partial charge in [-0.25, -0.2) is 0 Å². The van der Waals surface area contributed by atoms with Crippen molar-refractivity contribution >= 4 is 5.91 Å². The van der Waals surface area contributed by atoms with Crippen LogP contribution >= 0.6 is 0 Å². The van der Waals surface area contributed by atoms with Crippen LogP contribution in [-0.4, -0.2) is 38.3 Å². The van der Waals surface area contributed by atoms with Crippen molar-refractivity contribution in [3.8, 4) is 0 Å². The molecule has 2 atom stereocenters. The van der Waals surface area contributed by atoms with Crippen molar-refractivity contribution in [3.63, 3.8) is 0 Å². The van der Waals surface area contributed by atoms with Crippen LogP contribution in [0.5, 0.6) is 0 Å². The summed E-state index contributed by atoms with van der Waals surface area (Å²) in [5.74, 6) is -0.00268. The molecule has 0 aliphatic heterocycles. The van der Waals surface area contributed by atoms with Gasteiger partial charge in [-0.3, -0.25) is 4.79 Å². The van der Waals surface area contributed by atoms with Crippen LogP contribution < -0.4 is 10.6 Å². The lowest BCUT2D eigenvalue weighted by Gasteiger charge is -2.21. The molecule has 0 heterocycles. The Morgan fingerprint density at radius 2 is 2.25 bits per heavy atom. The second-order valence-corrected chi connectivity index (χ2v) is 3.86. The van der Waals surface area contributed by atoms with Crippen molar-refractivity contribution in [3.05, 3.63) is 12.7 Å². The summed E-state index contributed by atoms with van der Waals surface area (Å²) in [6, 6.07) is 0.0335. The van der Waals surface area contributed by atoms with E-state index < -0.39 is 0 Å². The third kappa shape index (κ3) is 6.58. The second-order valence-electron chi connectivity index (χ2n) is 3.86. The molecular formula is C12H24N2O2. The molecule has 2 unspecified atom stereocenters. The van der Waals surface area contributed by atoms with Gasteiger partial charge in [0, 0.05) is 19.7 Å². The van der Waals surface area contributed by atoms with Crippen molar-refractivity contribution in [2.45, 2.75) is 38.8 Å². The van der Waals surface area contributed by atoms with Gasteiger partial charge in [0.15, 0.2) is 0 Å². The molecule has 4 nitrogen and oxygen atoms in total. The van der Waals surface area contributed by atoms with Crippen LogP contribution in [0, 0.1) is 0 Å². The summed E-state index contributed by atoms with van der Waals surface area (Å²) in [5.41, 5.74) is 0. The lowest BCUT2D eigenvalue weighted by Crippen LogP contribution is -2.48. The summed E-state index contributed by atoms with van der Waals surface area (Å²) in [7, 11) is 1.67. The summed E-state index contributed by atoms with van der Waals surface area (Å²) in [5, 5.41) is 6.02. The van der Waals surface area contributed by atoms with Crippen LogP contribution in [0.1, 0.15) is 26.7 Å². The van der Waals surface area contributed by atoms with Gasteiger partial charge in [-0.05, 0) is 13.3 Å². The number of carbonyl (C=O) groups excluding carboxylic acids is 1. The Balaban J connectivity index is 4.00. The van der Waals surface area contributed by atoms with E-state index in [0.717, 1.165) is 12.8 Å². The molecule has 0 aromatic heterocycles. The van der Waals surface area contributed by atoms with Gasteiger partial charge >= 0.3 is 0 Å². The molecule has 0 aromatic carbocycles. The fourth-order valence-corrected chi connectivity index (χ4v) is 1.52. The third-order valence-corrected chi connectivity index (χ3v) is 2.30. The van der Waals surface area contributed by atoms with E-state index in [0.29, 0.717) is 13.2 Å². The van der Waals surface area contributed by atoms with Crippen LogP contribution in [0.3, 0.4) is 0 Å². The maximum absolute atomic E-state index is 11.6. The monoisotopic (exact) mass is 228 g/mol. The first kappa shape index (κ1) is 15.1. The number of carbonyl (C=O) groups is 1. The molecule has 94 valence electrons. The fourth-order valence-electron chi connectivity index (χ4n) is 1.52. The smallest absolute Gasteiger partial charge is 0.237 e. The van der Waals surface area contributed by atoms with Crippen molar-refractivity contribution in [2.75, 3.05) is 20.3 Å². The van der Waals surface area contributed by atoms with Crippen LogP contribution in [0.15, 0.2) is 12.7 Å². The molecule has 4 heteroatoms. The number of amides is 1. The zero-order chi connectivity index (χ0) is 12.4. The van der Waals surface area contributed by atoms with Gasteiger partial charge < -0.3 is 15.4 Å². The number of rotatable bonds is 9. The van der Waals surface area contributed by atoms with Crippen LogP contribution in [0.25, 0.3) is 0 Å². The molecule has 0 fully saturated rings. The zero-order valence-electron chi connectivity index (χ0n) is 10.6. The normalized spacial score (nSPS) is 14.2. The van der Waals surface area contributed by atoms with Gasteiger partial charge in [0.05, 0.1) is 12.6 Å². The molecule has 0 saturated carbocycles. The number of ether oxygens (including phenoxy) is 1. The van der Waals surface area contributed by atoms with E-state index in [2.05, 4.69) is 24.1 Å². The molecule has 0 radical (unpaired) electrons. The average molecular weight is 228 g/mol. The highest BCUT2D eigenvalue weighted by molar-refractivity contribution is 5.81. The van der Waals surface area contributed by atoms with Crippen molar-refractivity contribution < 1.29 is 9.53 Å². The largest absolute Gasteiger partial charge is 0.383 e. The summed E-state index contributed by atoms with van der Waals surface area (Å²) in [6.45, 7) is 8.67. The van der Waals surface area contributed by atoms with Gasteiger partial charge in [-0.15, -0.1) is 6.58 Å². The first-order valence-electron chi connectivity index (χ1n) is 5.79. The van der Waals surface area contributed by atoms with Gasteiger partial charge in [0.2, 0.25) is 5.91 Å². The molecule has 1 amide bonds. The van der Waals surface area contributed by atoms with Crippen LogP contribution in [0.2, 0.25) is 0 Å². The highest BCUT2D eigenvalue weighted by atomic mass is 16.5. The number of nitrogens with one attached hydrogen (secondary N) is 2. The fraction of sp³-hybridized carbons (Fsp3) is 0.750. The third-order valence-electron chi connectivity index (χ3n) is 2.30. The standard InChI is InChI=1S/C12H24N2O2/c1-5-7-11(9-16-4)14-10(3)12(15)13-8-6-2/h6,10-11,14H,2,5,7-9H2,1,3-4H3,(H,13,15). The Kier molecular flexibility index (Phi) is 8.85. The van der Waals surface area contributed by atoms with Crippen LogP contribution in [0.4, 0.5) is 0 Å². The average Bonchev–Trinajstić information content (AvgIpc) is 2.26. The van der Waals surface area contributed by atoms with E-state index in [9.17, 15) is 4.79 Å². The Bertz CT molecular complexity index is 201. The summed E-state index contributed by atoms with van der Waals surface area (Å²) < 4.78 is 5.11. The lowest BCUT2D eigenvalue weighted by molar-refractivity contribution is -0.122. The predicted molar refractivity (Wildman–Crippen MR) is 66.4 cm³/mol. The Morgan fingerprint density at radius 3 is 2.75 bits per heavy atom. The molecule has 0 spiro atoms. The van der Waals surface area contributed by atoms with Gasteiger partial charge in [-0.2, -0.15) is 0 Å². The Labute approximate surface area is 98.4 Å². The zero-order valence-corrected chi connectivity index (χ0v) is 10.6. The Hall–Kier alpha value is -0.870. The maximum atomic E-state index is 11.6. The quantitative estimate of drug-likeness (QED) is 0.581. The van der Waals surface area contributed by atoms with E-state index in [1.807, 2.05) is 6.92 Å². The highest BCUT2D eigenvalue weighted by Gasteiger charge is 2.16. The number of methoxy groups -OCH3 is 1. The van der Waals surface area contributed by atoms with E-state index in [1.165, 1.54) is 0 Å². The topological polar surface area (TPSA) is 50.4 Å². The van der Waals surface area contributed by atoms with E-state index >= 15 is 0 Å². The minimum Gasteiger partial charge on any atom is -0.383 e. The Morgan fingerprint density at radius 1 is 1.56 bits per heavy atom.